The first-order chi connectivity index (χ1) is 16.3. The van der Waals surface area contributed by atoms with Crippen LogP contribution in [-0.4, -0.2) is 28.0 Å². The summed E-state index contributed by atoms with van der Waals surface area (Å²) in [7, 11) is 0. The smallest absolute Gasteiger partial charge is 0.267 e. The molecule has 0 aromatic carbocycles. The van der Waals surface area contributed by atoms with Crippen molar-refractivity contribution in [3.8, 4) is 0 Å². The zero-order chi connectivity index (χ0) is 26.2. The van der Waals surface area contributed by atoms with Crippen LogP contribution in [0.25, 0.3) is 11.1 Å². The molecule has 0 atom stereocenters. The van der Waals surface area contributed by atoms with Crippen molar-refractivity contribution >= 4 is 22.7 Å². The Morgan fingerprint density at radius 3 is 1.97 bits per heavy atom. The number of carbonyl (C=O) groups is 2. The number of rotatable bonds is 3. The monoisotopic (exact) mass is 480 g/mol. The lowest BCUT2D eigenvalue weighted by atomic mass is 9.84. The molecule has 186 valence electrons. The maximum absolute atomic E-state index is 12.8. The van der Waals surface area contributed by atoms with Crippen LogP contribution < -0.4 is 0 Å². The molecular weight excluding hydrogens is 446 g/mol. The average molecular weight is 481 g/mol. The lowest BCUT2D eigenvalue weighted by Gasteiger charge is -2.22. The number of hydrogen-bond acceptors (Lipinski definition) is 4. The molecule has 0 aliphatic heterocycles. The molecule has 0 spiro atoms. The lowest BCUT2D eigenvalue weighted by molar-refractivity contribution is -0.116. The normalized spacial score (nSPS) is 15.6. The molecule has 6 heteroatoms. The van der Waals surface area contributed by atoms with E-state index in [9.17, 15) is 18.4 Å². The van der Waals surface area contributed by atoms with Crippen LogP contribution in [0.4, 0.5) is 8.78 Å². The van der Waals surface area contributed by atoms with Crippen molar-refractivity contribution in [3.05, 3.63) is 68.8 Å². The summed E-state index contributed by atoms with van der Waals surface area (Å²) >= 11 is 0. The first kappa shape index (κ1) is 26.6. The molecule has 2 aromatic rings. The van der Waals surface area contributed by atoms with Gasteiger partial charge in [0.1, 0.15) is 0 Å². The van der Waals surface area contributed by atoms with Gasteiger partial charge in [0, 0.05) is 25.2 Å². The summed E-state index contributed by atoms with van der Waals surface area (Å²) in [6.07, 6.45) is 1.48. The summed E-state index contributed by atoms with van der Waals surface area (Å²) in [4.78, 5) is 32.4. The molecule has 0 amide bonds. The number of Topliss-reactive ketones (excluding diaryl/α,β-unsaturated/α-hetero) is 2. The molecule has 0 fully saturated rings. The number of carbonyl (C=O) groups excluding carboxylic acids is 2. The second kappa shape index (κ2) is 10.3. The van der Waals surface area contributed by atoms with Gasteiger partial charge >= 0.3 is 0 Å². The van der Waals surface area contributed by atoms with Gasteiger partial charge in [-0.25, -0.2) is 8.78 Å². The summed E-state index contributed by atoms with van der Waals surface area (Å²) < 4.78 is 25.6. The number of alkyl halides is 2. The third kappa shape index (κ3) is 5.16. The second-order valence-corrected chi connectivity index (χ2v) is 10.0. The van der Waals surface area contributed by atoms with Crippen LogP contribution in [0, 0.1) is 6.92 Å². The first-order valence-electron chi connectivity index (χ1n) is 12.1. The zero-order valence-corrected chi connectivity index (χ0v) is 21.8. The topological polar surface area (TPSA) is 59.9 Å². The molecule has 4 rings (SSSR count). The van der Waals surface area contributed by atoms with E-state index in [-0.39, 0.29) is 17.8 Å². The van der Waals surface area contributed by atoms with Crippen LogP contribution in [0.1, 0.15) is 99.5 Å². The molecule has 2 heterocycles. The Kier molecular flexibility index (Phi) is 7.83. The fourth-order valence-corrected chi connectivity index (χ4v) is 4.67. The summed E-state index contributed by atoms with van der Waals surface area (Å²) in [5.41, 5.74) is 8.79. The van der Waals surface area contributed by atoms with Gasteiger partial charge in [-0.15, -0.1) is 0 Å². The molecule has 4 nitrogen and oxygen atoms in total. The molecule has 35 heavy (non-hydrogen) atoms. The van der Waals surface area contributed by atoms with Gasteiger partial charge < -0.3 is 0 Å². The SMILES string of the molecule is CC1=C(C(F)F)C(=O)Cc2cc(C(C)C)cnc21.CC1=C(C)c2ncc(C(C)C)c(C)c2CC1=O. The van der Waals surface area contributed by atoms with Crippen molar-refractivity contribution in [2.24, 2.45) is 0 Å². The Labute approximate surface area is 206 Å². The molecule has 0 saturated heterocycles. The van der Waals surface area contributed by atoms with Crippen molar-refractivity contribution in [1.82, 2.24) is 9.97 Å². The second-order valence-electron chi connectivity index (χ2n) is 10.0. The van der Waals surface area contributed by atoms with Gasteiger partial charge in [-0.2, -0.15) is 0 Å². The maximum atomic E-state index is 12.8. The summed E-state index contributed by atoms with van der Waals surface area (Å²) in [5, 5.41) is 0. The Morgan fingerprint density at radius 2 is 1.40 bits per heavy atom. The molecular formula is C29H34F2N2O2. The molecule has 0 N–H and O–H groups in total. The lowest BCUT2D eigenvalue weighted by Crippen LogP contribution is -2.21. The molecule has 2 aliphatic carbocycles. The minimum Gasteiger partial charge on any atom is -0.294 e. The Hall–Kier alpha value is -3.02. The van der Waals surface area contributed by atoms with E-state index in [0.717, 1.165) is 33.5 Å². The van der Waals surface area contributed by atoms with Crippen molar-refractivity contribution < 1.29 is 18.4 Å². The fraction of sp³-hybridized carbons (Fsp3) is 0.448. The molecule has 0 radical (unpaired) electrons. The van der Waals surface area contributed by atoms with Crippen LogP contribution >= 0.6 is 0 Å². The highest BCUT2D eigenvalue weighted by molar-refractivity contribution is 6.07. The number of halogens is 2. The van der Waals surface area contributed by atoms with Crippen LogP contribution in [0.3, 0.4) is 0 Å². The van der Waals surface area contributed by atoms with Crippen LogP contribution in [-0.2, 0) is 22.4 Å². The number of nitrogens with zero attached hydrogens (tertiary/aromatic N) is 2. The van der Waals surface area contributed by atoms with E-state index in [4.69, 9.17) is 0 Å². The number of ketones is 2. The highest BCUT2D eigenvalue weighted by atomic mass is 19.3. The van der Waals surface area contributed by atoms with Gasteiger partial charge in [0.15, 0.2) is 11.6 Å². The number of hydrogen-bond donors (Lipinski definition) is 0. The van der Waals surface area contributed by atoms with E-state index < -0.39 is 12.2 Å². The largest absolute Gasteiger partial charge is 0.294 e. The Bertz CT molecular complexity index is 1250. The van der Waals surface area contributed by atoms with Gasteiger partial charge in [0.25, 0.3) is 6.43 Å². The first-order valence-corrected chi connectivity index (χ1v) is 12.1. The number of aromatic nitrogens is 2. The average Bonchev–Trinajstić information content (AvgIpc) is 2.77. The highest BCUT2D eigenvalue weighted by Crippen LogP contribution is 2.33. The standard InChI is InChI=1S/C15H19NO.C14H15F2NO/c1-8(2)13-7-16-15-10(4)9(3)14(17)6-12(15)11(13)5;1-7(2)10-4-9-5-11(18)12(14(15)16)8(3)13(9)17-6-10/h7-8H,6H2,1-5H3;4,6-7,14H,5H2,1-3H3. The number of pyridine rings is 2. The van der Waals surface area contributed by atoms with E-state index in [1.165, 1.54) is 11.1 Å². The molecule has 0 bridgehead atoms. The van der Waals surface area contributed by atoms with E-state index >= 15 is 0 Å². The van der Waals surface area contributed by atoms with Crippen molar-refractivity contribution in [3.63, 3.8) is 0 Å². The quantitative estimate of drug-likeness (QED) is 0.485. The summed E-state index contributed by atoms with van der Waals surface area (Å²) in [6, 6.07) is 1.90. The van der Waals surface area contributed by atoms with E-state index in [1.54, 1.807) is 13.1 Å². The Morgan fingerprint density at radius 1 is 0.771 bits per heavy atom. The third-order valence-corrected chi connectivity index (χ3v) is 7.08. The van der Waals surface area contributed by atoms with Gasteiger partial charge in [-0.05, 0) is 84.1 Å². The van der Waals surface area contributed by atoms with Gasteiger partial charge in [0.05, 0.1) is 17.0 Å². The number of fused-ring (bicyclic) bond motifs is 2. The van der Waals surface area contributed by atoms with Crippen LogP contribution in [0.15, 0.2) is 29.6 Å². The molecule has 2 aliphatic rings. The summed E-state index contributed by atoms with van der Waals surface area (Å²) in [5.74, 6) is 0.507. The number of allylic oxidation sites excluding steroid dienone is 4. The Balaban J connectivity index is 0.000000196. The molecule has 2 aromatic heterocycles. The predicted octanol–water partition coefficient (Wildman–Crippen LogP) is 6.80. The minimum atomic E-state index is -2.72. The molecule has 0 saturated carbocycles. The highest BCUT2D eigenvalue weighted by Gasteiger charge is 2.30. The van der Waals surface area contributed by atoms with Crippen LogP contribution in [0.5, 0.6) is 0 Å². The van der Waals surface area contributed by atoms with Gasteiger partial charge in [0.2, 0.25) is 0 Å². The maximum Gasteiger partial charge on any atom is 0.267 e. The van der Waals surface area contributed by atoms with E-state index in [2.05, 4.69) is 30.7 Å². The van der Waals surface area contributed by atoms with Crippen molar-refractivity contribution in [2.75, 3.05) is 0 Å². The fourth-order valence-electron chi connectivity index (χ4n) is 4.67. The van der Waals surface area contributed by atoms with Gasteiger partial charge in [-0.3, -0.25) is 19.6 Å². The molecule has 0 unspecified atom stereocenters. The third-order valence-electron chi connectivity index (χ3n) is 7.08. The minimum absolute atomic E-state index is 0.0277. The summed E-state index contributed by atoms with van der Waals surface area (Å²) in [6.45, 7) is 15.9. The van der Waals surface area contributed by atoms with Crippen molar-refractivity contribution in [2.45, 2.75) is 86.5 Å². The van der Waals surface area contributed by atoms with E-state index in [0.29, 0.717) is 29.5 Å². The van der Waals surface area contributed by atoms with Crippen molar-refractivity contribution in [1.29, 1.82) is 0 Å². The van der Waals surface area contributed by atoms with Gasteiger partial charge in [-0.1, -0.05) is 33.8 Å². The van der Waals surface area contributed by atoms with Crippen LogP contribution in [0.2, 0.25) is 0 Å². The zero-order valence-electron chi connectivity index (χ0n) is 21.8. The predicted molar refractivity (Wildman–Crippen MR) is 136 cm³/mol. The van der Waals surface area contributed by atoms with E-state index in [1.807, 2.05) is 40.0 Å².